The summed E-state index contributed by atoms with van der Waals surface area (Å²) in [4.78, 5) is 36.6. The molecule has 22 heavy (non-hydrogen) atoms. The number of nitrogens with one attached hydrogen (secondary N) is 1. The van der Waals surface area contributed by atoms with E-state index in [4.69, 9.17) is 4.74 Å². The van der Waals surface area contributed by atoms with Gasteiger partial charge in [0.05, 0.1) is 12.1 Å². The van der Waals surface area contributed by atoms with Crippen LogP contribution in [0.1, 0.15) is 31.1 Å². The topological polar surface area (TPSA) is 75.7 Å². The van der Waals surface area contributed by atoms with E-state index in [9.17, 15) is 14.4 Å². The summed E-state index contributed by atoms with van der Waals surface area (Å²) in [6.45, 7) is 5.53. The Morgan fingerprint density at radius 3 is 2.59 bits per heavy atom. The van der Waals surface area contributed by atoms with E-state index >= 15 is 0 Å². The van der Waals surface area contributed by atoms with Crippen molar-refractivity contribution in [2.75, 3.05) is 13.2 Å². The highest BCUT2D eigenvalue weighted by Crippen LogP contribution is 2.19. The molecule has 1 aromatic rings. The molecule has 2 rings (SSSR count). The van der Waals surface area contributed by atoms with Gasteiger partial charge in [-0.3, -0.25) is 14.5 Å². The summed E-state index contributed by atoms with van der Waals surface area (Å²) in [6, 6.07) is 6.03. The number of Topliss-reactive ketones (excluding diaryl/α,β-unsaturated/α-hetero) is 1. The predicted molar refractivity (Wildman–Crippen MR) is 80.8 cm³/mol. The summed E-state index contributed by atoms with van der Waals surface area (Å²) in [5.41, 5.74) is 0.486. The Kier molecular flexibility index (Phi) is 4.80. The fourth-order valence-corrected chi connectivity index (χ4v) is 2.33. The number of amides is 3. The van der Waals surface area contributed by atoms with E-state index in [-0.39, 0.29) is 30.8 Å². The lowest BCUT2D eigenvalue weighted by Crippen LogP contribution is -2.36. The highest BCUT2D eigenvalue weighted by atomic mass is 16.5. The van der Waals surface area contributed by atoms with E-state index < -0.39 is 12.1 Å². The minimum atomic E-state index is -0.475. The Balaban J connectivity index is 1.96. The van der Waals surface area contributed by atoms with Gasteiger partial charge in [-0.1, -0.05) is 26.0 Å². The van der Waals surface area contributed by atoms with Crippen molar-refractivity contribution >= 4 is 17.7 Å². The number of nitrogens with zero attached hydrogens (tertiary/aromatic N) is 1. The average molecular weight is 304 g/mol. The first-order valence-corrected chi connectivity index (χ1v) is 7.26. The molecular weight excluding hydrogens is 284 g/mol. The molecule has 1 aliphatic heterocycles. The van der Waals surface area contributed by atoms with Crippen molar-refractivity contribution in [3.8, 4) is 5.75 Å². The highest BCUT2D eigenvalue weighted by molar-refractivity contribution is 6.04. The second-order valence-electron chi connectivity index (χ2n) is 5.56. The lowest BCUT2D eigenvalue weighted by Gasteiger charge is -2.15. The van der Waals surface area contributed by atoms with Gasteiger partial charge in [-0.15, -0.1) is 0 Å². The molecule has 118 valence electrons. The lowest BCUT2D eigenvalue weighted by molar-refractivity contribution is -0.128. The fourth-order valence-electron chi connectivity index (χ4n) is 2.33. The van der Waals surface area contributed by atoms with Crippen molar-refractivity contribution in [1.82, 2.24) is 10.2 Å². The van der Waals surface area contributed by atoms with Crippen molar-refractivity contribution in [1.29, 1.82) is 0 Å². The van der Waals surface area contributed by atoms with Crippen molar-refractivity contribution in [2.45, 2.75) is 26.8 Å². The van der Waals surface area contributed by atoms with Gasteiger partial charge in [0.2, 0.25) is 0 Å². The van der Waals surface area contributed by atoms with Crippen LogP contribution in [0.4, 0.5) is 4.79 Å². The van der Waals surface area contributed by atoms with Gasteiger partial charge in [-0.2, -0.15) is 0 Å². The van der Waals surface area contributed by atoms with E-state index in [1.807, 2.05) is 13.8 Å². The summed E-state index contributed by atoms with van der Waals surface area (Å²) in [5, 5.41) is 2.66. The summed E-state index contributed by atoms with van der Waals surface area (Å²) in [7, 11) is 0. The van der Waals surface area contributed by atoms with Crippen LogP contribution in [0.3, 0.4) is 0 Å². The Labute approximate surface area is 129 Å². The van der Waals surface area contributed by atoms with E-state index in [2.05, 4.69) is 5.32 Å². The molecule has 0 saturated carbocycles. The van der Waals surface area contributed by atoms with Crippen LogP contribution < -0.4 is 10.1 Å². The third-order valence-electron chi connectivity index (χ3n) is 3.56. The van der Waals surface area contributed by atoms with Crippen LogP contribution in [0, 0.1) is 5.92 Å². The van der Waals surface area contributed by atoms with E-state index in [1.54, 1.807) is 24.3 Å². The first kappa shape index (κ1) is 16.0. The van der Waals surface area contributed by atoms with Crippen LogP contribution in [-0.2, 0) is 4.79 Å². The molecule has 6 nitrogen and oxygen atoms in total. The number of urea groups is 1. The van der Waals surface area contributed by atoms with Crippen molar-refractivity contribution in [3.63, 3.8) is 0 Å². The number of hydrogen-bond acceptors (Lipinski definition) is 4. The molecule has 0 radical (unpaired) electrons. The van der Waals surface area contributed by atoms with Crippen molar-refractivity contribution in [2.24, 2.45) is 5.92 Å². The second kappa shape index (κ2) is 6.60. The number of ketones is 1. The Morgan fingerprint density at radius 2 is 2.00 bits per heavy atom. The minimum absolute atomic E-state index is 0.0424. The van der Waals surface area contributed by atoms with Crippen LogP contribution in [0.15, 0.2) is 24.3 Å². The molecular formula is C16H20N2O4. The van der Waals surface area contributed by atoms with Gasteiger partial charge in [0, 0.05) is 0 Å². The normalized spacial score (nSPS) is 17.8. The molecule has 1 aliphatic rings. The third-order valence-corrected chi connectivity index (χ3v) is 3.56. The summed E-state index contributed by atoms with van der Waals surface area (Å²) >= 11 is 0. The monoisotopic (exact) mass is 304 g/mol. The molecule has 1 aromatic carbocycles. The molecule has 1 atom stereocenters. The van der Waals surface area contributed by atoms with Gasteiger partial charge in [-0.25, -0.2) is 4.79 Å². The van der Waals surface area contributed by atoms with Gasteiger partial charge < -0.3 is 10.1 Å². The predicted octanol–water partition coefficient (Wildman–Crippen LogP) is 1.84. The highest BCUT2D eigenvalue weighted by Gasteiger charge is 2.39. The van der Waals surface area contributed by atoms with Gasteiger partial charge in [-0.05, 0) is 25.0 Å². The van der Waals surface area contributed by atoms with E-state index in [0.29, 0.717) is 11.3 Å². The molecule has 0 aliphatic carbocycles. The van der Waals surface area contributed by atoms with Crippen LogP contribution >= 0.6 is 0 Å². The minimum Gasteiger partial charge on any atom is -0.491 e. The number of imide groups is 1. The summed E-state index contributed by atoms with van der Waals surface area (Å²) in [6.07, 6.45) is 0. The molecule has 3 amide bonds. The number of ether oxygens (including phenoxy) is 1. The van der Waals surface area contributed by atoms with E-state index in [1.165, 1.54) is 6.92 Å². The quantitative estimate of drug-likeness (QED) is 0.643. The molecule has 6 heteroatoms. The maximum absolute atomic E-state index is 12.1. The Morgan fingerprint density at radius 1 is 1.32 bits per heavy atom. The lowest BCUT2D eigenvalue weighted by atomic mass is 10.1. The van der Waals surface area contributed by atoms with Gasteiger partial charge in [0.25, 0.3) is 5.91 Å². The van der Waals surface area contributed by atoms with Crippen LogP contribution in [0.2, 0.25) is 0 Å². The SMILES string of the molecule is CC(=O)c1ccccc1OCCN1C(=O)NC(C(C)C)C1=O. The fraction of sp³-hybridized carbons (Fsp3) is 0.438. The number of para-hydroxylation sites is 1. The smallest absolute Gasteiger partial charge is 0.324 e. The third kappa shape index (κ3) is 3.27. The molecule has 1 unspecified atom stereocenters. The number of carbonyl (C=O) groups excluding carboxylic acids is 3. The van der Waals surface area contributed by atoms with Gasteiger partial charge in [0.1, 0.15) is 18.4 Å². The summed E-state index contributed by atoms with van der Waals surface area (Å²) < 4.78 is 5.56. The molecule has 1 saturated heterocycles. The average Bonchev–Trinajstić information content (AvgIpc) is 2.75. The first-order valence-electron chi connectivity index (χ1n) is 7.26. The van der Waals surface area contributed by atoms with Gasteiger partial charge in [0.15, 0.2) is 5.78 Å². The van der Waals surface area contributed by atoms with E-state index in [0.717, 1.165) is 4.90 Å². The first-order chi connectivity index (χ1) is 10.4. The molecule has 1 heterocycles. The molecule has 1 fully saturated rings. The zero-order valence-corrected chi connectivity index (χ0v) is 13.0. The van der Waals surface area contributed by atoms with Crippen LogP contribution in [-0.4, -0.2) is 41.8 Å². The molecule has 0 spiro atoms. The summed E-state index contributed by atoms with van der Waals surface area (Å²) in [5.74, 6) is 0.178. The maximum Gasteiger partial charge on any atom is 0.324 e. The zero-order chi connectivity index (χ0) is 16.3. The number of hydrogen-bond donors (Lipinski definition) is 1. The Hall–Kier alpha value is -2.37. The van der Waals surface area contributed by atoms with Gasteiger partial charge >= 0.3 is 6.03 Å². The number of rotatable bonds is 6. The van der Waals surface area contributed by atoms with Crippen molar-refractivity contribution < 1.29 is 19.1 Å². The standard InChI is InChI=1S/C16H20N2O4/c1-10(2)14-15(20)18(16(21)17-14)8-9-22-13-7-5-4-6-12(13)11(3)19/h4-7,10,14H,8-9H2,1-3H3,(H,17,21). The number of benzene rings is 1. The number of carbonyl (C=O) groups is 3. The molecule has 0 aromatic heterocycles. The van der Waals surface area contributed by atoms with Crippen LogP contribution in [0.25, 0.3) is 0 Å². The maximum atomic E-state index is 12.1. The Bertz CT molecular complexity index is 598. The molecule has 1 N–H and O–H groups in total. The largest absolute Gasteiger partial charge is 0.491 e. The van der Waals surface area contributed by atoms with Crippen molar-refractivity contribution in [3.05, 3.63) is 29.8 Å². The molecule has 0 bridgehead atoms. The zero-order valence-electron chi connectivity index (χ0n) is 13.0. The van der Waals surface area contributed by atoms with Crippen LogP contribution in [0.5, 0.6) is 5.75 Å². The second-order valence-corrected chi connectivity index (χ2v) is 5.56.